The zero-order chi connectivity index (χ0) is 12.3. The second kappa shape index (κ2) is 5.16. The van der Waals surface area contributed by atoms with Crippen LogP contribution in [0.5, 0.6) is 5.75 Å². The molecule has 17 heavy (non-hydrogen) atoms. The van der Waals surface area contributed by atoms with Crippen LogP contribution in [0.3, 0.4) is 0 Å². The van der Waals surface area contributed by atoms with Gasteiger partial charge in [-0.05, 0) is 36.5 Å². The Hall–Kier alpha value is -1.59. The Morgan fingerprint density at radius 3 is 2.59 bits per heavy atom. The maximum Gasteiger partial charge on any atom is 0.251 e. The lowest BCUT2D eigenvalue weighted by Gasteiger charge is -2.05. The summed E-state index contributed by atoms with van der Waals surface area (Å²) < 4.78 is 5.75. The fraction of sp³-hybridized carbons (Fsp3) is 0.0909. The Morgan fingerprint density at radius 1 is 1.24 bits per heavy atom. The maximum atomic E-state index is 11.2. The van der Waals surface area contributed by atoms with E-state index in [0.717, 1.165) is 0 Å². The molecule has 1 aromatic heterocycles. The second-order valence-corrected chi connectivity index (χ2v) is 4.20. The predicted octanol–water partition coefficient (Wildman–Crippen LogP) is 2.66. The van der Waals surface area contributed by atoms with Crippen LogP contribution in [0.4, 0.5) is 0 Å². The first-order valence-electron chi connectivity index (χ1n) is 4.84. The van der Waals surface area contributed by atoms with Gasteiger partial charge < -0.3 is 9.72 Å². The summed E-state index contributed by atoms with van der Waals surface area (Å²) in [6.07, 6.45) is 0. The lowest BCUT2D eigenvalue weighted by molar-refractivity contribution is 0.300. The molecule has 2 N–H and O–H groups in total. The van der Waals surface area contributed by atoms with Crippen LogP contribution in [0.25, 0.3) is 0 Å². The molecule has 1 heterocycles. The van der Waals surface area contributed by atoms with E-state index in [0.29, 0.717) is 16.5 Å². The van der Waals surface area contributed by atoms with E-state index in [1.54, 1.807) is 24.3 Å². The predicted molar refractivity (Wildman–Crippen MR) is 68.0 cm³/mol. The number of nitrogens with one attached hydrogen (secondary N) is 2. The monoisotopic (exact) mass is 268 g/mol. The Morgan fingerprint density at radius 2 is 1.94 bits per heavy atom. The number of halogens is 1. The van der Waals surface area contributed by atoms with Crippen LogP contribution in [0, 0.1) is 4.77 Å². The first-order chi connectivity index (χ1) is 8.13. The minimum absolute atomic E-state index is 0.245. The largest absolute Gasteiger partial charge is 0.487 e. The summed E-state index contributed by atoms with van der Waals surface area (Å²) >= 11 is 10.6. The SMILES string of the molecule is O=c1cc(COc2ccc(Cl)cc2)[nH]c(=S)[nH]1. The van der Waals surface area contributed by atoms with Crippen molar-refractivity contribution in [2.45, 2.75) is 6.61 Å². The molecule has 1 aromatic carbocycles. The van der Waals surface area contributed by atoms with E-state index >= 15 is 0 Å². The molecule has 0 atom stereocenters. The van der Waals surface area contributed by atoms with E-state index in [1.807, 2.05) is 0 Å². The summed E-state index contributed by atoms with van der Waals surface area (Å²) in [6.45, 7) is 0.245. The van der Waals surface area contributed by atoms with Gasteiger partial charge in [0, 0.05) is 11.1 Å². The third kappa shape index (κ3) is 3.44. The molecule has 0 saturated heterocycles. The fourth-order valence-electron chi connectivity index (χ4n) is 1.29. The molecule has 0 bridgehead atoms. The topological polar surface area (TPSA) is 57.9 Å². The molecule has 4 nitrogen and oxygen atoms in total. The van der Waals surface area contributed by atoms with Gasteiger partial charge in [0.2, 0.25) is 0 Å². The van der Waals surface area contributed by atoms with Crippen molar-refractivity contribution in [3.8, 4) is 5.75 Å². The van der Waals surface area contributed by atoms with Gasteiger partial charge in [-0.15, -0.1) is 0 Å². The molecule has 0 saturated carbocycles. The van der Waals surface area contributed by atoms with E-state index in [-0.39, 0.29) is 16.9 Å². The number of aromatic amines is 2. The Balaban J connectivity index is 2.09. The highest BCUT2D eigenvalue weighted by Gasteiger charge is 1.98. The number of aromatic nitrogens is 2. The number of H-pyrrole nitrogens is 2. The van der Waals surface area contributed by atoms with E-state index in [1.165, 1.54) is 6.07 Å². The molecule has 0 spiro atoms. The molecule has 0 radical (unpaired) electrons. The van der Waals surface area contributed by atoms with Crippen LogP contribution in [-0.2, 0) is 6.61 Å². The second-order valence-electron chi connectivity index (χ2n) is 3.36. The molecule has 0 amide bonds. The highest BCUT2D eigenvalue weighted by atomic mass is 35.5. The first-order valence-corrected chi connectivity index (χ1v) is 5.63. The van der Waals surface area contributed by atoms with Gasteiger partial charge in [-0.25, -0.2) is 0 Å². The molecule has 0 fully saturated rings. The lowest BCUT2D eigenvalue weighted by Crippen LogP contribution is -2.10. The molecule has 0 aliphatic rings. The van der Waals surface area contributed by atoms with Crippen molar-refractivity contribution < 1.29 is 4.74 Å². The molecule has 88 valence electrons. The molecular formula is C11H9ClN2O2S. The standard InChI is InChI=1S/C11H9ClN2O2S/c12-7-1-3-9(4-2-7)16-6-8-5-10(15)14-11(17)13-8/h1-5H,6H2,(H2,13,14,15,17). The van der Waals surface area contributed by atoms with Crippen LogP contribution in [-0.4, -0.2) is 9.97 Å². The average molecular weight is 269 g/mol. The van der Waals surface area contributed by atoms with Crippen LogP contribution in [0.15, 0.2) is 35.1 Å². The van der Waals surface area contributed by atoms with Gasteiger partial charge in [-0.3, -0.25) is 9.78 Å². The summed E-state index contributed by atoms with van der Waals surface area (Å²) in [4.78, 5) is 16.4. The quantitative estimate of drug-likeness (QED) is 0.842. The van der Waals surface area contributed by atoms with Crippen molar-refractivity contribution in [3.63, 3.8) is 0 Å². The number of benzene rings is 1. The Labute approximate surface area is 107 Å². The van der Waals surface area contributed by atoms with Crippen molar-refractivity contribution in [1.29, 1.82) is 0 Å². The van der Waals surface area contributed by atoms with E-state index < -0.39 is 0 Å². The Kier molecular flexibility index (Phi) is 3.61. The minimum atomic E-state index is -0.247. The average Bonchev–Trinajstić information content (AvgIpc) is 2.27. The number of hydrogen-bond acceptors (Lipinski definition) is 3. The summed E-state index contributed by atoms with van der Waals surface area (Å²) in [5.74, 6) is 0.675. The molecule has 0 unspecified atom stereocenters. The molecule has 6 heteroatoms. The van der Waals surface area contributed by atoms with Crippen LogP contribution in [0.1, 0.15) is 5.69 Å². The van der Waals surface area contributed by atoms with Crippen LogP contribution < -0.4 is 10.3 Å². The molecule has 2 rings (SSSR count). The lowest BCUT2D eigenvalue weighted by atomic mass is 10.3. The van der Waals surface area contributed by atoms with Gasteiger partial charge in [-0.2, -0.15) is 0 Å². The van der Waals surface area contributed by atoms with Gasteiger partial charge >= 0.3 is 0 Å². The van der Waals surface area contributed by atoms with Crippen molar-refractivity contribution >= 4 is 23.8 Å². The number of rotatable bonds is 3. The summed E-state index contributed by atoms with van der Waals surface area (Å²) in [7, 11) is 0. The van der Waals surface area contributed by atoms with Gasteiger partial charge in [0.15, 0.2) is 4.77 Å². The summed E-state index contributed by atoms with van der Waals surface area (Å²) in [6, 6.07) is 8.38. The number of hydrogen-bond donors (Lipinski definition) is 2. The smallest absolute Gasteiger partial charge is 0.251 e. The first kappa shape index (κ1) is 11.9. The zero-order valence-corrected chi connectivity index (χ0v) is 10.3. The van der Waals surface area contributed by atoms with Crippen molar-refractivity contribution in [3.05, 3.63) is 56.2 Å². The van der Waals surface area contributed by atoms with Crippen LogP contribution >= 0.6 is 23.8 Å². The molecular weight excluding hydrogens is 260 g/mol. The minimum Gasteiger partial charge on any atom is -0.487 e. The van der Waals surface area contributed by atoms with Gasteiger partial charge in [0.25, 0.3) is 5.56 Å². The summed E-state index contributed by atoms with van der Waals surface area (Å²) in [5, 5.41) is 0.646. The third-order valence-electron chi connectivity index (χ3n) is 2.02. The van der Waals surface area contributed by atoms with E-state index in [9.17, 15) is 4.79 Å². The van der Waals surface area contributed by atoms with Gasteiger partial charge in [0.05, 0.1) is 5.69 Å². The highest BCUT2D eigenvalue weighted by molar-refractivity contribution is 7.71. The van der Waals surface area contributed by atoms with Gasteiger partial charge in [-0.1, -0.05) is 11.6 Å². The van der Waals surface area contributed by atoms with Crippen molar-refractivity contribution in [2.75, 3.05) is 0 Å². The summed E-state index contributed by atoms with van der Waals surface area (Å²) in [5.41, 5.74) is 0.372. The van der Waals surface area contributed by atoms with E-state index in [2.05, 4.69) is 9.97 Å². The molecule has 0 aliphatic carbocycles. The van der Waals surface area contributed by atoms with Crippen LogP contribution in [0.2, 0.25) is 5.02 Å². The van der Waals surface area contributed by atoms with E-state index in [4.69, 9.17) is 28.6 Å². The van der Waals surface area contributed by atoms with Crippen molar-refractivity contribution in [1.82, 2.24) is 9.97 Å². The highest BCUT2D eigenvalue weighted by Crippen LogP contribution is 2.16. The molecule has 2 aromatic rings. The number of ether oxygens (including phenoxy) is 1. The zero-order valence-electron chi connectivity index (χ0n) is 8.70. The van der Waals surface area contributed by atoms with Crippen molar-refractivity contribution in [2.24, 2.45) is 0 Å². The fourth-order valence-corrected chi connectivity index (χ4v) is 1.65. The normalized spacial score (nSPS) is 10.2. The Bertz CT molecular complexity index is 590. The third-order valence-corrected chi connectivity index (χ3v) is 2.48. The molecule has 0 aliphatic heterocycles. The van der Waals surface area contributed by atoms with Gasteiger partial charge in [0.1, 0.15) is 12.4 Å². The maximum absolute atomic E-state index is 11.2.